The van der Waals surface area contributed by atoms with Gasteiger partial charge in [-0.15, -0.1) is 0 Å². The zero-order valence-corrected chi connectivity index (χ0v) is 18.7. The van der Waals surface area contributed by atoms with Gasteiger partial charge in [-0.3, -0.25) is 9.78 Å². The highest BCUT2D eigenvalue weighted by Gasteiger charge is 2.36. The number of allylic oxidation sites excluding steroid dienone is 1. The highest BCUT2D eigenvalue weighted by atomic mass is 19.1. The lowest BCUT2D eigenvalue weighted by Crippen LogP contribution is -2.22. The van der Waals surface area contributed by atoms with Crippen molar-refractivity contribution in [3.63, 3.8) is 0 Å². The van der Waals surface area contributed by atoms with Crippen LogP contribution in [-0.4, -0.2) is 26.5 Å². The van der Waals surface area contributed by atoms with Gasteiger partial charge in [-0.25, -0.2) is 4.39 Å². The molecule has 0 amide bonds. The first-order chi connectivity index (χ1) is 14.8. The van der Waals surface area contributed by atoms with Gasteiger partial charge >= 0.3 is 0 Å². The number of nitrogens with zero attached hydrogens (tertiary/aromatic N) is 3. The molecule has 0 bridgehead atoms. The van der Waals surface area contributed by atoms with Crippen LogP contribution in [-0.2, 0) is 13.6 Å². The molecule has 31 heavy (non-hydrogen) atoms. The summed E-state index contributed by atoms with van der Waals surface area (Å²) in [6, 6.07) is 3.46. The molecule has 2 heterocycles. The third-order valence-electron chi connectivity index (χ3n) is 6.27. The lowest BCUT2D eigenvalue weighted by Gasteiger charge is -2.15. The molecule has 162 valence electrons. The van der Waals surface area contributed by atoms with Gasteiger partial charge in [0.15, 0.2) is 0 Å². The number of halogens is 1. The summed E-state index contributed by atoms with van der Waals surface area (Å²) >= 11 is 0. The van der Waals surface area contributed by atoms with E-state index in [9.17, 15) is 4.39 Å². The summed E-state index contributed by atoms with van der Waals surface area (Å²) in [5, 5.41) is 15.3. The Morgan fingerprint density at radius 2 is 2.16 bits per heavy atom. The summed E-state index contributed by atoms with van der Waals surface area (Å²) < 4.78 is 16.7. The second-order valence-electron chi connectivity index (χ2n) is 8.95. The van der Waals surface area contributed by atoms with Crippen molar-refractivity contribution in [3.8, 4) is 11.3 Å². The zero-order chi connectivity index (χ0) is 22.2. The maximum Gasteiger partial charge on any atom is 0.130 e. The Labute approximate surface area is 183 Å². The van der Waals surface area contributed by atoms with Crippen LogP contribution in [0.4, 0.5) is 4.39 Å². The van der Waals surface area contributed by atoms with Crippen molar-refractivity contribution in [1.29, 1.82) is 0 Å². The van der Waals surface area contributed by atoms with Gasteiger partial charge in [0.25, 0.3) is 0 Å². The molecular weight excluding hydrogens is 389 g/mol. The molecule has 3 aromatic rings. The molecule has 2 aromatic heterocycles. The van der Waals surface area contributed by atoms with Crippen LogP contribution in [0, 0.1) is 18.2 Å². The molecule has 1 aliphatic carbocycles. The van der Waals surface area contributed by atoms with Crippen molar-refractivity contribution in [3.05, 3.63) is 64.9 Å². The van der Waals surface area contributed by atoms with Gasteiger partial charge in [0.05, 0.1) is 11.9 Å². The fourth-order valence-electron chi connectivity index (χ4n) is 4.00. The number of aromatic nitrogens is 4. The molecule has 5 nitrogen and oxygen atoms in total. The molecule has 0 unspecified atom stereocenters. The Morgan fingerprint density at radius 3 is 2.81 bits per heavy atom. The van der Waals surface area contributed by atoms with Crippen molar-refractivity contribution in [2.45, 2.75) is 40.2 Å². The number of hydrogen-bond donors (Lipinski definition) is 2. The van der Waals surface area contributed by atoms with Crippen LogP contribution < -0.4 is 5.32 Å². The van der Waals surface area contributed by atoms with Crippen LogP contribution in [0.25, 0.3) is 29.0 Å². The van der Waals surface area contributed by atoms with E-state index in [0.717, 1.165) is 52.3 Å². The molecular formula is C25H30FN5. The van der Waals surface area contributed by atoms with E-state index in [1.54, 1.807) is 23.0 Å². The third kappa shape index (κ3) is 4.39. The van der Waals surface area contributed by atoms with E-state index >= 15 is 0 Å². The normalized spacial score (nSPS) is 15.3. The number of H-pyrrole nitrogens is 1. The van der Waals surface area contributed by atoms with Gasteiger partial charge < -0.3 is 5.32 Å². The van der Waals surface area contributed by atoms with Gasteiger partial charge in [-0.1, -0.05) is 19.6 Å². The van der Waals surface area contributed by atoms with Crippen molar-refractivity contribution >= 4 is 17.7 Å². The average molecular weight is 420 g/mol. The molecule has 2 N–H and O–H groups in total. The van der Waals surface area contributed by atoms with Gasteiger partial charge in [0, 0.05) is 43.0 Å². The van der Waals surface area contributed by atoms with Gasteiger partial charge in [-0.2, -0.15) is 10.2 Å². The lowest BCUT2D eigenvalue weighted by molar-refractivity contribution is 0.498. The number of aryl methyl sites for hydroxylation is 1. The summed E-state index contributed by atoms with van der Waals surface area (Å²) in [5.41, 5.74) is 7.37. The first kappa shape index (κ1) is 21.2. The van der Waals surface area contributed by atoms with Crippen molar-refractivity contribution in [2.75, 3.05) is 6.54 Å². The number of benzene rings is 1. The largest absolute Gasteiger partial charge is 0.312 e. The van der Waals surface area contributed by atoms with Crippen molar-refractivity contribution < 1.29 is 4.39 Å². The second kappa shape index (κ2) is 8.27. The quantitative estimate of drug-likeness (QED) is 0.517. The van der Waals surface area contributed by atoms with E-state index in [4.69, 9.17) is 0 Å². The maximum atomic E-state index is 14.9. The molecule has 1 fully saturated rings. The van der Waals surface area contributed by atoms with E-state index in [0.29, 0.717) is 11.0 Å². The van der Waals surface area contributed by atoms with Gasteiger partial charge in [0.2, 0.25) is 0 Å². The van der Waals surface area contributed by atoms with Crippen LogP contribution in [0.2, 0.25) is 0 Å². The smallest absolute Gasteiger partial charge is 0.130 e. The molecule has 0 spiro atoms. The van der Waals surface area contributed by atoms with Crippen LogP contribution in [0.3, 0.4) is 0 Å². The van der Waals surface area contributed by atoms with E-state index in [1.807, 2.05) is 39.2 Å². The van der Waals surface area contributed by atoms with E-state index in [1.165, 1.54) is 12.8 Å². The summed E-state index contributed by atoms with van der Waals surface area (Å²) in [5.74, 6) is -0.212. The molecule has 4 rings (SSSR count). The first-order valence-corrected chi connectivity index (χ1v) is 10.7. The Kier molecular flexibility index (Phi) is 5.67. The van der Waals surface area contributed by atoms with Crippen LogP contribution >= 0.6 is 0 Å². The number of hydrogen-bond acceptors (Lipinski definition) is 3. The molecule has 0 atom stereocenters. The SMILES string of the molecule is C=Cc1[nH]nc(-c2cnn(C)c2)c1/C=C(\C)c1c(F)ccc(CNCC2(C)CC2)c1C. The van der Waals surface area contributed by atoms with Crippen LogP contribution in [0.5, 0.6) is 0 Å². The fourth-order valence-corrected chi connectivity index (χ4v) is 4.00. The molecule has 1 saturated carbocycles. The maximum absolute atomic E-state index is 14.9. The van der Waals surface area contributed by atoms with E-state index in [-0.39, 0.29) is 5.82 Å². The molecule has 0 aliphatic heterocycles. The van der Waals surface area contributed by atoms with Gasteiger partial charge in [-0.05, 0) is 67.0 Å². The lowest BCUT2D eigenvalue weighted by atomic mass is 9.94. The predicted molar refractivity (Wildman–Crippen MR) is 125 cm³/mol. The zero-order valence-electron chi connectivity index (χ0n) is 18.7. The summed E-state index contributed by atoms with van der Waals surface area (Å²) in [6.07, 6.45) is 9.96. The van der Waals surface area contributed by atoms with Gasteiger partial charge in [0.1, 0.15) is 11.5 Å². The predicted octanol–water partition coefficient (Wildman–Crippen LogP) is 5.35. The third-order valence-corrected chi connectivity index (χ3v) is 6.27. The van der Waals surface area contributed by atoms with Crippen molar-refractivity contribution in [1.82, 2.24) is 25.3 Å². The summed E-state index contributed by atoms with van der Waals surface area (Å²) in [4.78, 5) is 0. The van der Waals surface area contributed by atoms with E-state index in [2.05, 4.69) is 34.1 Å². The Morgan fingerprint density at radius 1 is 1.39 bits per heavy atom. The molecule has 1 aromatic carbocycles. The minimum Gasteiger partial charge on any atom is -0.312 e. The Balaban J connectivity index is 1.68. The Hall–Kier alpha value is -2.99. The minimum atomic E-state index is -0.212. The fraction of sp³-hybridized carbons (Fsp3) is 0.360. The highest BCUT2D eigenvalue weighted by Crippen LogP contribution is 2.44. The highest BCUT2D eigenvalue weighted by molar-refractivity contribution is 5.88. The molecule has 6 heteroatoms. The average Bonchev–Trinajstić information content (AvgIpc) is 3.10. The molecule has 0 saturated heterocycles. The molecule has 1 aliphatic rings. The summed E-state index contributed by atoms with van der Waals surface area (Å²) in [6.45, 7) is 11.9. The molecule has 0 radical (unpaired) electrons. The Bertz CT molecular complexity index is 1150. The monoisotopic (exact) mass is 419 g/mol. The number of rotatable bonds is 8. The minimum absolute atomic E-state index is 0.212. The number of aromatic amines is 1. The van der Waals surface area contributed by atoms with Crippen LogP contribution in [0.15, 0.2) is 31.1 Å². The first-order valence-electron chi connectivity index (χ1n) is 10.7. The van der Waals surface area contributed by atoms with Crippen molar-refractivity contribution in [2.24, 2.45) is 12.5 Å². The van der Waals surface area contributed by atoms with Crippen LogP contribution in [0.1, 0.15) is 54.6 Å². The van der Waals surface area contributed by atoms with E-state index < -0.39 is 0 Å². The topological polar surface area (TPSA) is 58.5 Å². The summed E-state index contributed by atoms with van der Waals surface area (Å²) in [7, 11) is 1.87. The number of nitrogens with one attached hydrogen (secondary N) is 2. The standard InChI is InChI=1S/C25H30FN5/c1-6-22-20(24(30-29-22)19-13-28-31(5)14-19)11-16(2)23-17(3)18(7-8-21(23)26)12-27-15-25(4)9-10-25/h6-8,11,13-14,27H,1,9-10,12,15H2,2-5H3,(H,29,30)/b16-11+. The second-order valence-corrected chi connectivity index (χ2v) is 8.95.